The van der Waals surface area contributed by atoms with Gasteiger partial charge < -0.3 is 10.4 Å². The summed E-state index contributed by atoms with van der Waals surface area (Å²) in [4.78, 5) is 0. The number of benzene rings is 2. The Morgan fingerprint density at radius 2 is 1.57 bits per heavy atom. The van der Waals surface area contributed by atoms with E-state index in [0.717, 1.165) is 24.8 Å². The summed E-state index contributed by atoms with van der Waals surface area (Å²) in [6, 6.07) is 19.4. The zero-order valence-corrected chi connectivity index (χ0v) is 12.5. The summed E-state index contributed by atoms with van der Waals surface area (Å²) in [5, 5.41) is 14.0. The molecule has 3 rings (SSSR count). The van der Waals surface area contributed by atoms with Crippen LogP contribution in [0, 0.1) is 0 Å². The topological polar surface area (TPSA) is 32.3 Å². The summed E-state index contributed by atoms with van der Waals surface area (Å²) in [6.07, 6.45) is 2.55. The Morgan fingerprint density at radius 1 is 1.00 bits per heavy atom. The smallest absolute Gasteiger partial charge is 0.0804 e. The number of hydrogen-bond donors (Lipinski definition) is 2. The molecule has 21 heavy (non-hydrogen) atoms. The number of rotatable bonds is 5. The van der Waals surface area contributed by atoms with E-state index in [-0.39, 0.29) is 0 Å². The fraction of sp³-hybridized carbons (Fsp3) is 0.368. The molecule has 0 spiro atoms. The maximum atomic E-state index is 10.3. The molecular formula is C19H23NO. The van der Waals surface area contributed by atoms with E-state index >= 15 is 0 Å². The molecule has 2 aromatic carbocycles. The SMILES string of the molecule is CC(CC(O)c1ccccc1)NC1Cc2ccccc2C1. The van der Waals surface area contributed by atoms with E-state index in [1.54, 1.807) is 0 Å². The fourth-order valence-electron chi connectivity index (χ4n) is 3.29. The lowest BCUT2D eigenvalue weighted by molar-refractivity contribution is 0.151. The lowest BCUT2D eigenvalue weighted by Crippen LogP contribution is -2.37. The third-order valence-corrected chi connectivity index (χ3v) is 4.33. The molecule has 1 aliphatic carbocycles. The van der Waals surface area contributed by atoms with Crippen molar-refractivity contribution >= 4 is 0 Å². The van der Waals surface area contributed by atoms with Crippen molar-refractivity contribution in [2.24, 2.45) is 0 Å². The Labute approximate surface area is 126 Å². The van der Waals surface area contributed by atoms with Gasteiger partial charge in [0.1, 0.15) is 0 Å². The Bertz CT molecular complexity index is 556. The van der Waals surface area contributed by atoms with E-state index in [2.05, 4.69) is 36.5 Å². The second kappa shape index (κ2) is 6.42. The largest absolute Gasteiger partial charge is 0.388 e. The van der Waals surface area contributed by atoms with Crippen LogP contribution in [0.5, 0.6) is 0 Å². The molecule has 2 atom stereocenters. The molecular weight excluding hydrogens is 258 g/mol. The van der Waals surface area contributed by atoms with Crippen LogP contribution in [0.2, 0.25) is 0 Å². The third kappa shape index (κ3) is 3.52. The second-order valence-corrected chi connectivity index (χ2v) is 6.10. The molecule has 0 aliphatic heterocycles. The van der Waals surface area contributed by atoms with E-state index in [1.807, 2.05) is 30.3 Å². The molecule has 2 unspecified atom stereocenters. The minimum atomic E-state index is -0.391. The van der Waals surface area contributed by atoms with Crippen LogP contribution in [0.1, 0.15) is 36.1 Å². The number of aliphatic hydroxyl groups excluding tert-OH is 1. The summed E-state index contributed by atoms with van der Waals surface area (Å²) in [5.74, 6) is 0. The number of aliphatic hydroxyl groups is 1. The molecule has 110 valence electrons. The number of nitrogens with one attached hydrogen (secondary N) is 1. The highest BCUT2D eigenvalue weighted by Gasteiger charge is 2.23. The lowest BCUT2D eigenvalue weighted by atomic mass is 10.0. The summed E-state index contributed by atoms with van der Waals surface area (Å²) in [7, 11) is 0. The van der Waals surface area contributed by atoms with Gasteiger partial charge in [-0.1, -0.05) is 54.6 Å². The van der Waals surface area contributed by atoms with Crippen LogP contribution < -0.4 is 5.32 Å². The van der Waals surface area contributed by atoms with Crippen molar-refractivity contribution < 1.29 is 5.11 Å². The van der Waals surface area contributed by atoms with Gasteiger partial charge in [0.2, 0.25) is 0 Å². The molecule has 0 saturated heterocycles. The van der Waals surface area contributed by atoms with Crippen LogP contribution in [0.15, 0.2) is 54.6 Å². The highest BCUT2D eigenvalue weighted by atomic mass is 16.3. The Morgan fingerprint density at radius 3 is 2.19 bits per heavy atom. The van der Waals surface area contributed by atoms with Crippen molar-refractivity contribution in [3.8, 4) is 0 Å². The van der Waals surface area contributed by atoms with Crippen LogP contribution >= 0.6 is 0 Å². The first-order valence-electron chi connectivity index (χ1n) is 7.78. The van der Waals surface area contributed by atoms with Crippen molar-refractivity contribution in [2.45, 2.75) is 44.4 Å². The van der Waals surface area contributed by atoms with Crippen molar-refractivity contribution in [1.82, 2.24) is 5.32 Å². The van der Waals surface area contributed by atoms with E-state index in [0.29, 0.717) is 12.1 Å². The zero-order valence-electron chi connectivity index (χ0n) is 12.5. The summed E-state index contributed by atoms with van der Waals surface area (Å²) >= 11 is 0. The van der Waals surface area contributed by atoms with Crippen LogP contribution in [-0.2, 0) is 12.8 Å². The van der Waals surface area contributed by atoms with Gasteiger partial charge >= 0.3 is 0 Å². The van der Waals surface area contributed by atoms with E-state index in [1.165, 1.54) is 11.1 Å². The van der Waals surface area contributed by atoms with E-state index in [9.17, 15) is 5.11 Å². The van der Waals surface area contributed by atoms with Gasteiger partial charge in [-0.05, 0) is 42.9 Å². The zero-order chi connectivity index (χ0) is 14.7. The van der Waals surface area contributed by atoms with Gasteiger partial charge in [0.15, 0.2) is 0 Å². The van der Waals surface area contributed by atoms with Crippen molar-refractivity contribution in [1.29, 1.82) is 0 Å². The van der Waals surface area contributed by atoms with Gasteiger partial charge in [0.25, 0.3) is 0 Å². The molecule has 0 fully saturated rings. The molecule has 0 radical (unpaired) electrons. The first-order valence-corrected chi connectivity index (χ1v) is 7.78. The normalized spacial score (nSPS) is 17.4. The van der Waals surface area contributed by atoms with Gasteiger partial charge in [0, 0.05) is 12.1 Å². The molecule has 2 N–H and O–H groups in total. The van der Waals surface area contributed by atoms with Crippen molar-refractivity contribution in [2.75, 3.05) is 0 Å². The minimum Gasteiger partial charge on any atom is -0.388 e. The third-order valence-electron chi connectivity index (χ3n) is 4.33. The Kier molecular flexibility index (Phi) is 4.37. The van der Waals surface area contributed by atoms with Gasteiger partial charge in [0.05, 0.1) is 6.10 Å². The summed E-state index contributed by atoms with van der Waals surface area (Å²) in [5.41, 5.74) is 3.93. The molecule has 0 heterocycles. The van der Waals surface area contributed by atoms with E-state index in [4.69, 9.17) is 0 Å². The molecule has 2 nitrogen and oxygen atoms in total. The monoisotopic (exact) mass is 281 g/mol. The predicted molar refractivity (Wildman–Crippen MR) is 86.3 cm³/mol. The van der Waals surface area contributed by atoms with Crippen LogP contribution in [0.4, 0.5) is 0 Å². The molecule has 0 bridgehead atoms. The molecule has 2 aromatic rings. The average Bonchev–Trinajstić information content (AvgIpc) is 2.90. The second-order valence-electron chi connectivity index (χ2n) is 6.10. The number of fused-ring (bicyclic) bond motifs is 1. The predicted octanol–water partition coefficient (Wildman–Crippen LogP) is 3.26. The molecule has 0 amide bonds. The van der Waals surface area contributed by atoms with Gasteiger partial charge in [-0.2, -0.15) is 0 Å². The maximum absolute atomic E-state index is 10.3. The summed E-state index contributed by atoms with van der Waals surface area (Å²) < 4.78 is 0. The molecule has 1 aliphatic rings. The molecule has 0 aromatic heterocycles. The van der Waals surface area contributed by atoms with E-state index < -0.39 is 6.10 Å². The number of hydrogen-bond acceptors (Lipinski definition) is 2. The molecule has 0 saturated carbocycles. The van der Waals surface area contributed by atoms with Crippen LogP contribution in [0.25, 0.3) is 0 Å². The fourth-order valence-corrected chi connectivity index (χ4v) is 3.29. The Balaban J connectivity index is 1.53. The standard InChI is InChI=1S/C19H23NO/c1-14(11-19(21)15-7-3-2-4-8-15)20-18-12-16-9-5-6-10-17(16)13-18/h2-10,14,18-21H,11-13H2,1H3. The van der Waals surface area contributed by atoms with Crippen molar-refractivity contribution in [3.63, 3.8) is 0 Å². The lowest BCUT2D eigenvalue weighted by Gasteiger charge is -2.22. The first kappa shape index (κ1) is 14.3. The summed E-state index contributed by atoms with van der Waals surface area (Å²) in [6.45, 7) is 2.16. The van der Waals surface area contributed by atoms with Gasteiger partial charge in [-0.3, -0.25) is 0 Å². The van der Waals surface area contributed by atoms with Gasteiger partial charge in [-0.15, -0.1) is 0 Å². The van der Waals surface area contributed by atoms with Crippen LogP contribution in [0.3, 0.4) is 0 Å². The quantitative estimate of drug-likeness (QED) is 0.881. The Hall–Kier alpha value is -1.64. The van der Waals surface area contributed by atoms with Crippen LogP contribution in [-0.4, -0.2) is 17.2 Å². The minimum absolute atomic E-state index is 0.305. The molecule has 2 heteroatoms. The first-order chi connectivity index (χ1) is 10.2. The highest BCUT2D eigenvalue weighted by molar-refractivity contribution is 5.33. The average molecular weight is 281 g/mol. The maximum Gasteiger partial charge on any atom is 0.0804 e. The highest BCUT2D eigenvalue weighted by Crippen LogP contribution is 2.23. The van der Waals surface area contributed by atoms with Crippen molar-refractivity contribution in [3.05, 3.63) is 71.3 Å². The van der Waals surface area contributed by atoms with Gasteiger partial charge in [-0.25, -0.2) is 0 Å².